The number of esters is 1. The molecule has 0 aromatic rings. The Morgan fingerprint density at radius 3 is 1.15 bits per heavy atom. The minimum atomic E-state index is -5.01. The van der Waals surface area contributed by atoms with Crippen molar-refractivity contribution in [1.29, 1.82) is 0 Å². The molecule has 0 heterocycles. The van der Waals surface area contributed by atoms with Gasteiger partial charge in [-0.1, -0.05) is 213 Å². The molecule has 0 saturated heterocycles. The largest absolute Gasteiger partial charge is 0.472 e. The van der Waals surface area contributed by atoms with Crippen molar-refractivity contribution in [2.24, 2.45) is 0 Å². The van der Waals surface area contributed by atoms with E-state index in [1.807, 2.05) is 0 Å². The van der Waals surface area contributed by atoms with E-state index in [-0.39, 0.29) is 13.0 Å². The fraction of sp³-hybridized carbons (Fsp3) is 0.979. The zero-order chi connectivity index (χ0) is 44.1. The number of carbonyl (C=O) groups excluding carboxylic acids is 1. The molecule has 0 bridgehead atoms. The predicted octanol–water partition coefficient (Wildman–Crippen LogP) is 10.5. The highest BCUT2D eigenvalue weighted by Crippen LogP contribution is 2.47. The van der Waals surface area contributed by atoms with E-state index in [1.54, 1.807) is 0 Å². The summed E-state index contributed by atoms with van der Waals surface area (Å²) in [5.41, 5.74) is 0. The normalized spacial score (nSPS) is 22.2. The first-order valence-electron chi connectivity index (χ1n) is 24.9. The molecule has 13 heteroatoms. The molecule has 1 aliphatic rings. The van der Waals surface area contributed by atoms with Crippen LogP contribution in [0.3, 0.4) is 0 Å². The molecule has 0 radical (unpaired) electrons. The Morgan fingerprint density at radius 1 is 0.467 bits per heavy atom. The zero-order valence-corrected chi connectivity index (χ0v) is 39.2. The molecule has 0 aliphatic heterocycles. The molecule has 6 unspecified atom stereocenters. The van der Waals surface area contributed by atoms with E-state index in [0.29, 0.717) is 13.0 Å². The lowest BCUT2D eigenvalue weighted by Gasteiger charge is -2.41. The number of phosphoric ester groups is 1. The van der Waals surface area contributed by atoms with Crippen molar-refractivity contribution in [1.82, 2.24) is 0 Å². The summed E-state index contributed by atoms with van der Waals surface area (Å²) in [5.74, 6) is -0.470. The van der Waals surface area contributed by atoms with E-state index in [4.69, 9.17) is 18.5 Å². The Bertz CT molecular complexity index is 1000. The van der Waals surface area contributed by atoms with Gasteiger partial charge in [0, 0.05) is 13.0 Å². The number of aliphatic hydroxyl groups excluding tert-OH is 5. The van der Waals surface area contributed by atoms with Crippen molar-refractivity contribution in [3.8, 4) is 0 Å². The van der Waals surface area contributed by atoms with Gasteiger partial charge in [-0.2, -0.15) is 0 Å². The number of aliphatic hydroxyl groups is 5. The molecule has 1 fully saturated rings. The summed E-state index contributed by atoms with van der Waals surface area (Å²) in [6, 6.07) is 0. The molecule has 60 heavy (non-hydrogen) atoms. The lowest BCUT2D eigenvalue weighted by molar-refractivity contribution is -0.220. The van der Waals surface area contributed by atoms with Gasteiger partial charge in [0.05, 0.1) is 13.2 Å². The molecule has 6 atom stereocenters. The molecule has 358 valence electrons. The first-order valence-corrected chi connectivity index (χ1v) is 26.4. The number of hydrogen-bond acceptors (Lipinski definition) is 11. The summed E-state index contributed by atoms with van der Waals surface area (Å²) in [4.78, 5) is 23.2. The van der Waals surface area contributed by atoms with Gasteiger partial charge >= 0.3 is 13.8 Å². The third-order valence-electron chi connectivity index (χ3n) is 12.0. The van der Waals surface area contributed by atoms with E-state index >= 15 is 0 Å². The van der Waals surface area contributed by atoms with Crippen LogP contribution in [0.25, 0.3) is 0 Å². The Labute approximate surface area is 365 Å². The smallest absolute Gasteiger partial charge is 0.457 e. The van der Waals surface area contributed by atoms with Gasteiger partial charge in [-0.25, -0.2) is 4.57 Å². The van der Waals surface area contributed by atoms with Crippen LogP contribution in [0, 0.1) is 0 Å². The maximum atomic E-state index is 12.8. The predicted molar refractivity (Wildman–Crippen MR) is 240 cm³/mol. The van der Waals surface area contributed by atoms with Crippen molar-refractivity contribution in [2.75, 3.05) is 19.8 Å². The van der Waals surface area contributed by atoms with Gasteiger partial charge in [-0.15, -0.1) is 0 Å². The molecule has 0 amide bonds. The highest BCUT2D eigenvalue weighted by molar-refractivity contribution is 7.47. The second kappa shape index (κ2) is 38.8. The van der Waals surface area contributed by atoms with Crippen LogP contribution in [0.1, 0.15) is 232 Å². The third kappa shape index (κ3) is 30.4. The van der Waals surface area contributed by atoms with E-state index in [9.17, 15) is 39.8 Å². The van der Waals surface area contributed by atoms with Crippen molar-refractivity contribution < 1.29 is 58.3 Å². The second-order valence-corrected chi connectivity index (χ2v) is 19.1. The summed E-state index contributed by atoms with van der Waals surface area (Å²) in [6.07, 6.45) is 28.8. The van der Waals surface area contributed by atoms with Gasteiger partial charge in [-0.3, -0.25) is 13.8 Å². The second-order valence-electron chi connectivity index (χ2n) is 17.7. The number of phosphoric acid groups is 1. The molecular weight excluding hydrogens is 787 g/mol. The number of rotatable bonds is 43. The molecule has 0 spiro atoms. The summed E-state index contributed by atoms with van der Waals surface area (Å²) in [6.45, 7) is 4.31. The number of carbonyl (C=O) groups is 1. The van der Waals surface area contributed by atoms with Crippen molar-refractivity contribution in [2.45, 2.75) is 275 Å². The minimum Gasteiger partial charge on any atom is -0.457 e. The molecule has 1 saturated carbocycles. The summed E-state index contributed by atoms with van der Waals surface area (Å²) in [5, 5.41) is 50.2. The Balaban J connectivity index is 2.34. The number of hydrogen-bond donors (Lipinski definition) is 6. The monoisotopic (exact) mass is 881 g/mol. The zero-order valence-electron chi connectivity index (χ0n) is 38.3. The maximum Gasteiger partial charge on any atom is 0.472 e. The SMILES string of the molecule is CCCCCCCCCCCCCCCCCCCCC(=O)OC(COCCCCCCCCCCCCCCCCC)COP(=O)(O)OC1C(O)C(O)C(O)C(O)C1O. The summed E-state index contributed by atoms with van der Waals surface area (Å²) in [7, 11) is -5.01. The van der Waals surface area contributed by atoms with Crippen molar-refractivity contribution in [3.05, 3.63) is 0 Å². The lowest BCUT2D eigenvalue weighted by atomic mass is 9.85. The molecule has 0 aromatic heterocycles. The van der Waals surface area contributed by atoms with Crippen LogP contribution in [0.4, 0.5) is 0 Å². The topological polar surface area (TPSA) is 192 Å². The van der Waals surface area contributed by atoms with Crippen molar-refractivity contribution >= 4 is 13.8 Å². The van der Waals surface area contributed by atoms with Crippen LogP contribution in [0.2, 0.25) is 0 Å². The lowest BCUT2D eigenvalue weighted by Crippen LogP contribution is -2.64. The van der Waals surface area contributed by atoms with Crippen LogP contribution in [0.15, 0.2) is 0 Å². The van der Waals surface area contributed by atoms with Crippen molar-refractivity contribution in [3.63, 3.8) is 0 Å². The molecule has 1 rings (SSSR count). The van der Waals surface area contributed by atoms with Gasteiger partial charge < -0.3 is 39.9 Å². The first-order chi connectivity index (χ1) is 29.0. The van der Waals surface area contributed by atoms with Gasteiger partial charge in [0.25, 0.3) is 0 Å². The average Bonchev–Trinajstić information content (AvgIpc) is 3.23. The Hall–Kier alpha value is -0.660. The van der Waals surface area contributed by atoms with Gasteiger partial charge in [0.2, 0.25) is 0 Å². The highest BCUT2D eigenvalue weighted by atomic mass is 31.2. The molecule has 0 aromatic carbocycles. The van der Waals surface area contributed by atoms with Crippen LogP contribution >= 0.6 is 7.82 Å². The van der Waals surface area contributed by atoms with Gasteiger partial charge in [-0.05, 0) is 12.8 Å². The highest BCUT2D eigenvalue weighted by Gasteiger charge is 2.51. The molecule has 12 nitrogen and oxygen atoms in total. The summed E-state index contributed by atoms with van der Waals surface area (Å²) < 4.78 is 34.3. The standard InChI is InChI=1S/C47H93O12P/c1-3-5-7-9-11-13-15-17-19-20-21-22-24-26-28-30-32-34-36-41(48)58-40(39-57-60(54,55)59-47-45(52)43(50)42(49)44(51)46(47)53)38-56-37-35-33-31-29-27-25-23-18-16-14-12-10-8-6-4-2/h40,42-47,49-53H,3-39H2,1-2H3,(H,54,55). The van der Waals surface area contributed by atoms with E-state index in [0.717, 1.165) is 38.5 Å². The van der Waals surface area contributed by atoms with Crippen LogP contribution in [-0.4, -0.2) is 98.9 Å². The van der Waals surface area contributed by atoms with Crippen LogP contribution in [0.5, 0.6) is 0 Å². The van der Waals surface area contributed by atoms with Gasteiger partial charge in [0.15, 0.2) is 0 Å². The fourth-order valence-corrected chi connectivity index (χ4v) is 8.98. The first kappa shape index (κ1) is 57.4. The molecule has 1 aliphatic carbocycles. The average molecular weight is 881 g/mol. The van der Waals surface area contributed by atoms with Gasteiger partial charge in [0.1, 0.15) is 42.7 Å². The minimum absolute atomic E-state index is 0.0677. The number of ether oxygens (including phenoxy) is 2. The van der Waals surface area contributed by atoms with E-state index < -0.39 is 63.1 Å². The molecular formula is C47H93O12P. The fourth-order valence-electron chi connectivity index (χ4n) is 8.01. The third-order valence-corrected chi connectivity index (χ3v) is 13.0. The van der Waals surface area contributed by atoms with Crippen LogP contribution < -0.4 is 0 Å². The van der Waals surface area contributed by atoms with E-state index in [1.165, 1.54) is 167 Å². The Morgan fingerprint density at radius 2 is 0.783 bits per heavy atom. The van der Waals surface area contributed by atoms with E-state index in [2.05, 4.69) is 13.8 Å². The Kier molecular flexibility index (Phi) is 37.1. The quantitative estimate of drug-likeness (QED) is 0.0193. The number of unbranched alkanes of at least 4 members (excludes halogenated alkanes) is 31. The van der Waals surface area contributed by atoms with Crippen LogP contribution in [-0.2, 0) is 27.9 Å². The maximum absolute atomic E-state index is 12.8. The summed E-state index contributed by atoms with van der Waals surface area (Å²) >= 11 is 0. The molecule has 6 N–H and O–H groups in total.